The fourth-order valence-corrected chi connectivity index (χ4v) is 0.659. The van der Waals surface area contributed by atoms with Crippen molar-refractivity contribution in [2.75, 3.05) is 39.8 Å². The first-order valence-electron chi connectivity index (χ1n) is 3.84. The third kappa shape index (κ3) is 9.37. The van der Waals surface area contributed by atoms with Crippen LogP contribution in [0.25, 0.3) is 0 Å². The minimum Gasteiger partial charge on any atom is -0.318 e. The Labute approximate surface area is 68.0 Å². The molecule has 0 bridgehead atoms. The third-order valence-electron chi connectivity index (χ3n) is 1.23. The second-order valence-corrected chi connectivity index (χ2v) is 2.19. The molecule has 0 heterocycles. The molecule has 0 aliphatic heterocycles. The van der Waals surface area contributed by atoms with Crippen LogP contribution in [0.4, 0.5) is 0 Å². The first-order chi connectivity index (χ1) is 5.41. The molecule has 0 aromatic carbocycles. The SMILES string of the molecule is CNCCNCCNCC#N. The first kappa shape index (κ1) is 10.4. The summed E-state index contributed by atoms with van der Waals surface area (Å²) in [7, 11) is 1.93. The van der Waals surface area contributed by atoms with E-state index in [0.29, 0.717) is 6.54 Å². The Morgan fingerprint density at radius 1 is 1.09 bits per heavy atom. The van der Waals surface area contributed by atoms with Crippen LogP contribution in [0.3, 0.4) is 0 Å². The van der Waals surface area contributed by atoms with E-state index in [-0.39, 0.29) is 0 Å². The molecule has 64 valence electrons. The van der Waals surface area contributed by atoms with Gasteiger partial charge in [0.1, 0.15) is 0 Å². The summed E-state index contributed by atoms with van der Waals surface area (Å²) in [6.07, 6.45) is 0. The fourth-order valence-electron chi connectivity index (χ4n) is 0.659. The van der Waals surface area contributed by atoms with Gasteiger partial charge < -0.3 is 16.0 Å². The molecule has 0 amide bonds. The number of likely N-dealkylation sites (N-methyl/N-ethyl adjacent to an activating group) is 1. The van der Waals surface area contributed by atoms with E-state index in [1.54, 1.807) is 0 Å². The molecule has 4 nitrogen and oxygen atoms in total. The van der Waals surface area contributed by atoms with E-state index in [2.05, 4.69) is 16.0 Å². The Morgan fingerprint density at radius 3 is 2.36 bits per heavy atom. The summed E-state index contributed by atoms with van der Waals surface area (Å²) in [5.41, 5.74) is 0. The van der Waals surface area contributed by atoms with Gasteiger partial charge in [0.05, 0.1) is 12.6 Å². The predicted octanol–water partition coefficient (Wildman–Crippen LogP) is -1.09. The van der Waals surface area contributed by atoms with E-state index in [1.165, 1.54) is 0 Å². The highest BCUT2D eigenvalue weighted by molar-refractivity contribution is 4.72. The van der Waals surface area contributed by atoms with Crippen LogP contribution in [0.1, 0.15) is 0 Å². The van der Waals surface area contributed by atoms with Crippen molar-refractivity contribution in [3.8, 4) is 6.07 Å². The van der Waals surface area contributed by atoms with Gasteiger partial charge in [-0.1, -0.05) is 0 Å². The minimum absolute atomic E-state index is 0.438. The number of hydrogen-bond acceptors (Lipinski definition) is 4. The van der Waals surface area contributed by atoms with E-state index in [0.717, 1.165) is 26.2 Å². The number of rotatable bonds is 7. The Hall–Kier alpha value is -0.630. The molecule has 0 aromatic heterocycles. The Bertz CT molecular complexity index is 107. The smallest absolute Gasteiger partial charge is 0.0841 e. The maximum absolute atomic E-state index is 8.16. The largest absolute Gasteiger partial charge is 0.318 e. The molecular formula is C7H16N4. The molecule has 0 fully saturated rings. The van der Waals surface area contributed by atoms with Crippen LogP contribution in [0.2, 0.25) is 0 Å². The molecule has 0 aromatic rings. The number of nitrogens with one attached hydrogen (secondary N) is 3. The van der Waals surface area contributed by atoms with Gasteiger partial charge in [-0.2, -0.15) is 5.26 Å². The van der Waals surface area contributed by atoms with Crippen molar-refractivity contribution < 1.29 is 0 Å². The summed E-state index contributed by atoms with van der Waals surface area (Å²) >= 11 is 0. The average Bonchev–Trinajstić information content (AvgIpc) is 2.03. The standard InChI is InChI=1S/C7H16N4/c1-9-4-5-11-7-6-10-3-2-8/h9-11H,3-7H2,1H3. The van der Waals surface area contributed by atoms with Crippen LogP contribution < -0.4 is 16.0 Å². The molecule has 0 atom stereocenters. The number of nitrogens with zero attached hydrogens (tertiary/aromatic N) is 1. The lowest BCUT2D eigenvalue weighted by atomic mass is 10.5. The average molecular weight is 156 g/mol. The van der Waals surface area contributed by atoms with Gasteiger partial charge in [0.15, 0.2) is 0 Å². The highest BCUT2D eigenvalue weighted by Gasteiger charge is 1.84. The topological polar surface area (TPSA) is 59.9 Å². The summed E-state index contributed by atoms with van der Waals surface area (Å²) in [5, 5.41) is 17.4. The lowest BCUT2D eigenvalue weighted by Gasteiger charge is -2.02. The van der Waals surface area contributed by atoms with E-state index in [9.17, 15) is 0 Å². The maximum atomic E-state index is 8.16. The van der Waals surface area contributed by atoms with Crippen LogP contribution >= 0.6 is 0 Å². The molecule has 0 unspecified atom stereocenters. The third-order valence-corrected chi connectivity index (χ3v) is 1.23. The molecule has 3 N–H and O–H groups in total. The van der Waals surface area contributed by atoms with Crippen LogP contribution in [0.15, 0.2) is 0 Å². The van der Waals surface area contributed by atoms with Crippen molar-refractivity contribution in [1.82, 2.24) is 16.0 Å². The summed E-state index contributed by atoms with van der Waals surface area (Å²) in [6, 6.07) is 2.02. The highest BCUT2D eigenvalue weighted by atomic mass is 15.0. The van der Waals surface area contributed by atoms with E-state index >= 15 is 0 Å². The van der Waals surface area contributed by atoms with Crippen molar-refractivity contribution in [2.45, 2.75) is 0 Å². The summed E-state index contributed by atoms with van der Waals surface area (Å²) in [4.78, 5) is 0. The maximum Gasteiger partial charge on any atom is 0.0841 e. The second kappa shape index (κ2) is 9.37. The zero-order chi connectivity index (χ0) is 8.36. The van der Waals surface area contributed by atoms with Crippen LogP contribution in [0, 0.1) is 11.3 Å². The van der Waals surface area contributed by atoms with Gasteiger partial charge in [-0.25, -0.2) is 0 Å². The molecular weight excluding hydrogens is 140 g/mol. The molecule has 11 heavy (non-hydrogen) atoms. The van der Waals surface area contributed by atoms with Crippen LogP contribution in [-0.4, -0.2) is 39.8 Å². The van der Waals surface area contributed by atoms with Crippen LogP contribution in [0.5, 0.6) is 0 Å². The fraction of sp³-hybridized carbons (Fsp3) is 0.857. The lowest BCUT2D eigenvalue weighted by molar-refractivity contribution is 0.618. The highest BCUT2D eigenvalue weighted by Crippen LogP contribution is 1.58. The number of hydrogen-bond donors (Lipinski definition) is 3. The molecule has 4 heteroatoms. The quantitative estimate of drug-likeness (QED) is 0.324. The molecule has 0 aliphatic carbocycles. The van der Waals surface area contributed by atoms with Crippen molar-refractivity contribution in [2.24, 2.45) is 0 Å². The zero-order valence-corrected chi connectivity index (χ0v) is 6.98. The second-order valence-electron chi connectivity index (χ2n) is 2.19. The molecule has 0 saturated heterocycles. The normalized spacial score (nSPS) is 9.45. The minimum atomic E-state index is 0.438. The summed E-state index contributed by atoms with van der Waals surface area (Å²) in [5.74, 6) is 0. The molecule has 0 saturated carbocycles. The van der Waals surface area contributed by atoms with Crippen molar-refractivity contribution >= 4 is 0 Å². The zero-order valence-electron chi connectivity index (χ0n) is 6.98. The van der Waals surface area contributed by atoms with Crippen LogP contribution in [-0.2, 0) is 0 Å². The van der Waals surface area contributed by atoms with Gasteiger partial charge in [0.2, 0.25) is 0 Å². The molecule has 0 aliphatic rings. The molecule has 0 spiro atoms. The Morgan fingerprint density at radius 2 is 1.73 bits per heavy atom. The predicted molar refractivity (Wildman–Crippen MR) is 45.3 cm³/mol. The monoisotopic (exact) mass is 156 g/mol. The van der Waals surface area contributed by atoms with Gasteiger partial charge in [0.25, 0.3) is 0 Å². The van der Waals surface area contributed by atoms with Gasteiger partial charge in [-0.05, 0) is 7.05 Å². The van der Waals surface area contributed by atoms with Gasteiger partial charge in [-0.15, -0.1) is 0 Å². The molecule has 0 rings (SSSR count). The first-order valence-corrected chi connectivity index (χ1v) is 3.84. The van der Waals surface area contributed by atoms with Gasteiger partial charge >= 0.3 is 0 Å². The van der Waals surface area contributed by atoms with Crippen molar-refractivity contribution in [1.29, 1.82) is 5.26 Å². The Kier molecular flexibility index (Phi) is 8.83. The van der Waals surface area contributed by atoms with Crippen molar-refractivity contribution in [3.63, 3.8) is 0 Å². The van der Waals surface area contributed by atoms with E-state index < -0.39 is 0 Å². The lowest BCUT2D eigenvalue weighted by Crippen LogP contribution is -2.31. The van der Waals surface area contributed by atoms with Gasteiger partial charge in [-0.3, -0.25) is 0 Å². The summed E-state index contributed by atoms with van der Waals surface area (Å²) < 4.78 is 0. The van der Waals surface area contributed by atoms with Crippen molar-refractivity contribution in [3.05, 3.63) is 0 Å². The van der Waals surface area contributed by atoms with E-state index in [4.69, 9.17) is 5.26 Å². The Balaban J connectivity index is 2.75. The number of nitriles is 1. The summed E-state index contributed by atoms with van der Waals surface area (Å²) in [6.45, 7) is 4.18. The molecule has 0 radical (unpaired) electrons. The van der Waals surface area contributed by atoms with E-state index in [1.807, 2.05) is 13.1 Å². The van der Waals surface area contributed by atoms with Gasteiger partial charge in [0, 0.05) is 26.2 Å².